The van der Waals surface area contributed by atoms with Crippen LogP contribution >= 0.6 is 0 Å². The van der Waals surface area contributed by atoms with Gasteiger partial charge in [0.15, 0.2) is 0 Å². The van der Waals surface area contributed by atoms with Gasteiger partial charge in [-0.3, -0.25) is 14.2 Å². The molecule has 0 atom stereocenters. The van der Waals surface area contributed by atoms with Gasteiger partial charge in [0.25, 0.3) is 11.5 Å². The van der Waals surface area contributed by atoms with Crippen molar-refractivity contribution in [3.8, 4) is 16.8 Å². The van der Waals surface area contributed by atoms with Crippen LogP contribution < -0.4 is 10.9 Å². The first-order chi connectivity index (χ1) is 14.9. The van der Waals surface area contributed by atoms with Crippen LogP contribution in [0.25, 0.3) is 27.8 Å². The number of benzene rings is 2. The van der Waals surface area contributed by atoms with E-state index in [0.717, 1.165) is 46.3 Å². The molecule has 2 aromatic carbocycles. The summed E-state index contributed by atoms with van der Waals surface area (Å²) in [6.45, 7) is 3.98. The summed E-state index contributed by atoms with van der Waals surface area (Å²) in [5.41, 5.74) is 5.50. The SMILES string of the molecule is Cc1ccc(C(=O)NC2CC2)cc1-c1cc2cnn(-c3ccccc3C)c2n(C)c1=O. The van der Waals surface area contributed by atoms with Crippen molar-refractivity contribution in [2.45, 2.75) is 32.7 Å². The number of carbonyl (C=O) groups excluding carboxylic acids is 1. The Kier molecular flexibility index (Phi) is 4.50. The summed E-state index contributed by atoms with van der Waals surface area (Å²) < 4.78 is 3.45. The molecule has 0 saturated heterocycles. The van der Waals surface area contributed by atoms with Crippen LogP contribution in [0, 0.1) is 13.8 Å². The second-order valence-corrected chi connectivity index (χ2v) is 8.32. The highest BCUT2D eigenvalue weighted by molar-refractivity contribution is 5.96. The minimum Gasteiger partial charge on any atom is -0.349 e. The number of hydrogen-bond acceptors (Lipinski definition) is 3. The molecule has 2 aromatic heterocycles. The summed E-state index contributed by atoms with van der Waals surface area (Å²) in [6, 6.07) is 15.7. The van der Waals surface area contributed by atoms with Gasteiger partial charge in [0.05, 0.1) is 11.9 Å². The lowest BCUT2D eigenvalue weighted by Crippen LogP contribution is -2.25. The number of pyridine rings is 1. The number of para-hydroxylation sites is 1. The molecular formula is C25H24N4O2. The van der Waals surface area contributed by atoms with Gasteiger partial charge in [-0.1, -0.05) is 24.3 Å². The molecule has 0 radical (unpaired) electrons. The maximum Gasteiger partial charge on any atom is 0.259 e. The maximum absolute atomic E-state index is 13.4. The van der Waals surface area contributed by atoms with Gasteiger partial charge < -0.3 is 5.32 Å². The Bertz CT molecular complexity index is 1390. The van der Waals surface area contributed by atoms with E-state index in [0.29, 0.717) is 11.1 Å². The van der Waals surface area contributed by atoms with E-state index < -0.39 is 0 Å². The number of hydrogen-bond donors (Lipinski definition) is 1. The molecule has 1 N–H and O–H groups in total. The third-order valence-electron chi connectivity index (χ3n) is 5.97. The van der Waals surface area contributed by atoms with E-state index in [1.165, 1.54) is 0 Å². The van der Waals surface area contributed by atoms with Gasteiger partial charge in [0.1, 0.15) is 5.65 Å². The van der Waals surface area contributed by atoms with E-state index >= 15 is 0 Å². The molecule has 156 valence electrons. The average Bonchev–Trinajstić information content (AvgIpc) is 3.47. The molecule has 6 heteroatoms. The number of amides is 1. The smallest absolute Gasteiger partial charge is 0.259 e. The van der Waals surface area contributed by atoms with Crippen molar-refractivity contribution < 1.29 is 4.79 Å². The van der Waals surface area contributed by atoms with Crippen LogP contribution in [-0.4, -0.2) is 26.3 Å². The highest BCUT2D eigenvalue weighted by Crippen LogP contribution is 2.27. The number of aromatic nitrogens is 3. The molecule has 1 aliphatic carbocycles. The normalized spacial score (nSPS) is 13.5. The standard InChI is InChI=1S/C25H24N4O2/c1-15-8-9-17(23(30)27-19-10-11-19)12-20(15)21-13-18-14-26-29(24(18)28(3)25(21)31)22-7-5-4-6-16(22)2/h4-9,12-14,19H,10-11H2,1-3H3,(H,27,30). The van der Waals surface area contributed by atoms with E-state index in [9.17, 15) is 9.59 Å². The summed E-state index contributed by atoms with van der Waals surface area (Å²) in [5, 5.41) is 8.45. The zero-order valence-corrected chi connectivity index (χ0v) is 17.8. The fourth-order valence-corrected chi connectivity index (χ4v) is 4.01. The number of nitrogens with zero attached hydrogens (tertiary/aromatic N) is 3. The van der Waals surface area contributed by atoms with Gasteiger partial charge in [0.2, 0.25) is 0 Å². The molecule has 0 unspecified atom stereocenters. The van der Waals surface area contributed by atoms with Gasteiger partial charge in [-0.2, -0.15) is 5.10 Å². The van der Waals surface area contributed by atoms with Gasteiger partial charge in [-0.15, -0.1) is 0 Å². The third-order valence-corrected chi connectivity index (χ3v) is 5.97. The molecular weight excluding hydrogens is 388 g/mol. The molecule has 0 spiro atoms. The third kappa shape index (κ3) is 3.34. The van der Waals surface area contributed by atoms with Crippen molar-refractivity contribution in [3.05, 3.63) is 81.8 Å². The molecule has 1 saturated carbocycles. The van der Waals surface area contributed by atoms with Crippen molar-refractivity contribution in [1.29, 1.82) is 0 Å². The zero-order chi connectivity index (χ0) is 21.7. The topological polar surface area (TPSA) is 68.9 Å². The number of nitrogens with one attached hydrogen (secondary N) is 1. The second kappa shape index (κ2) is 7.23. The minimum absolute atomic E-state index is 0.0889. The molecule has 1 aliphatic rings. The van der Waals surface area contributed by atoms with Gasteiger partial charge in [-0.05, 0) is 67.6 Å². The van der Waals surface area contributed by atoms with Crippen LogP contribution in [0.4, 0.5) is 0 Å². The van der Waals surface area contributed by atoms with Gasteiger partial charge in [-0.25, -0.2) is 4.68 Å². The van der Waals surface area contributed by atoms with Crippen LogP contribution in [0.5, 0.6) is 0 Å². The largest absolute Gasteiger partial charge is 0.349 e. The van der Waals surface area contributed by atoms with Gasteiger partial charge >= 0.3 is 0 Å². The summed E-state index contributed by atoms with van der Waals surface area (Å²) in [4.78, 5) is 25.9. The predicted octanol–water partition coefficient (Wildman–Crippen LogP) is 3.90. The van der Waals surface area contributed by atoms with Gasteiger partial charge in [0, 0.05) is 29.6 Å². The Balaban J connectivity index is 1.65. The van der Waals surface area contributed by atoms with Crippen LogP contribution in [0.15, 0.2) is 59.5 Å². The van der Waals surface area contributed by atoms with Crippen LogP contribution in [0.2, 0.25) is 0 Å². The molecule has 5 rings (SSSR count). The second-order valence-electron chi connectivity index (χ2n) is 8.32. The molecule has 31 heavy (non-hydrogen) atoms. The highest BCUT2D eigenvalue weighted by Gasteiger charge is 2.24. The first-order valence-electron chi connectivity index (χ1n) is 10.5. The summed E-state index contributed by atoms with van der Waals surface area (Å²) in [6.07, 6.45) is 3.85. The van der Waals surface area contributed by atoms with E-state index in [4.69, 9.17) is 0 Å². The molecule has 0 aliphatic heterocycles. The molecule has 6 nitrogen and oxygen atoms in total. The Morgan fingerprint density at radius 2 is 1.81 bits per heavy atom. The van der Waals surface area contributed by atoms with Crippen LogP contribution in [0.3, 0.4) is 0 Å². The monoisotopic (exact) mass is 412 g/mol. The summed E-state index contributed by atoms with van der Waals surface area (Å²) in [7, 11) is 1.77. The Hall–Kier alpha value is -3.67. The van der Waals surface area contributed by atoms with E-state index in [1.807, 2.05) is 67.1 Å². The summed E-state index contributed by atoms with van der Waals surface area (Å²) >= 11 is 0. The maximum atomic E-state index is 13.4. The highest BCUT2D eigenvalue weighted by atomic mass is 16.1. The molecule has 1 fully saturated rings. The Labute approximate surface area is 180 Å². The minimum atomic E-state index is -0.120. The van der Waals surface area contributed by atoms with E-state index in [2.05, 4.69) is 10.4 Å². The van der Waals surface area contributed by atoms with Crippen molar-refractivity contribution in [2.75, 3.05) is 0 Å². The van der Waals surface area contributed by atoms with Crippen molar-refractivity contribution in [1.82, 2.24) is 19.7 Å². The fraction of sp³-hybridized carbons (Fsp3) is 0.240. The first kappa shape index (κ1) is 19.3. The Morgan fingerprint density at radius 3 is 2.55 bits per heavy atom. The lowest BCUT2D eigenvalue weighted by Gasteiger charge is -2.13. The number of aryl methyl sites for hydroxylation is 3. The lowest BCUT2D eigenvalue weighted by atomic mass is 9.98. The average molecular weight is 412 g/mol. The van der Waals surface area contributed by atoms with Crippen LogP contribution in [-0.2, 0) is 7.05 Å². The molecule has 2 heterocycles. The lowest BCUT2D eigenvalue weighted by molar-refractivity contribution is 0.0951. The molecule has 0 bridgehead atoms. The molecule has 1 amide bonds. The number of rotatable bonds is 4. The number of carbonyl (C=O) groups is 1. The van der Waals surface area contributed by atoms with Crippen molar-refractivity contribution in [2.24, 2.45) is 7.05 Å². The first-order valence-corrected chi connectivity index (χ1v) is 10.5. The zero-order valence-electron chi connectivity index (χ0n) is 17.8. The van der Waals surface area contributed by atoms with E-state index in [-0.39, 0.29) is 17.5 Å². The Morgan fingerprint density at radius 1 is 1.03 bits per heavy atom. The van der Waals surface area contributed by atoms with Crippen LogP contribution in [0.1, 0.15) is 34.3 Å². The fourth-order valence-electron chi connectivity index (χ4n) is 4.01. The molecule has 4 aromatic rings. The van der Waals surface area contributed by atoms with E-state index in [1.54, 1.807) is 17.8 Å². The predicted molar refractivity (Wildman–Crippen MR) is 122 cm³/mol. The van der Waals surface area contributed by atoms with Crippen molar-refractivity contribution >= 4 is 16.9 Å². The van der Waals surface area contributed by atoms with Crippen molar-refractivity contribution in [3.63, 3.8) is 0 Å². The number of fused-ring (bicyclic) bond motifs is 1. The quantitative estimate of drug-likeness (QED) is 0.553. The summed E-state index contributed by atoms with van der Waals surface area (Å²) in [5.74, 6) is -0.0889.